The lowest BCUT2D eigenvalue weighted by Gasteiger charge is -2.36. The van der Waals surface area contributed by atoms with Crippen LogP contribution in [0.2, 0.25) is 0 Å². The van der Waals surface area contributed by atoms with Gasteiger partial charge in [0.15, 0.2) is 0 Å². The number of aryl methyl sites for hydroxylation is 1. The number of amides is 1. The molecule has 2 heterocycles. The number of nitrogens with one attached hydrogen (secondary N) is 1. The third-order valence-corrected chi connectivity index (χ3v) is 4.85. The zero-order chi connectivity index (χ0) is 19.1. The van der Waals surface area contributed by atoms with E-state index in [-0.39, 0.29) is 5.91 Å². The van der Waals surface area contributed by atoms with Crippen LogP contribution in [0.3, 0.4) is 0 Å². The van der Waals surface area contributed by atoms with Crippen LogP contribution in [0.1, 0.15) is 42.5 Å². The van der Waals surface area contributed by atoms with Gasteiger partial charge in [-0.1, -0.05) is 38.0 Å². The molecule has 0 radical (unpaired) electrons. The van der Waals surface area contributed by atoms with Crippen LogP contribution in [0.5, 0.6) is 0 Å². The van der Waals surface area contributed by atoms with Gasteiger partial charge >= 0.3 is 0 Å². The molecule has 0 bridgehead atoms. The van der Waals surface area contributed by atoms with Gasteiger partial charge in [-0.05, 0) is 25.5 Å². The molecule has 6 nitrogen and oxygen atoms in total. The topological polar surface area (TPSA) is 61.4 Å². The number of anilines is 2. The fourth-order valence-corrected chi connectivity index (χ4v) is 3.33. The Labute approximate surface area is 161 Å². The van der Waals surface area contributed by atoms with E-state index in [1.807, 2.05) is 19.1 Å². The first kappa shape index (κ1) is 19.1. The molecule has 1 amide bonds. The number of carbonyl (C=O) groups is 1. The SMILES string of the molecule is CCCCCNC(=O)c1cc(N2CCN(c3ccccc3)CC2)nc(C)n1. The van der Waals surface area contributed by atoms with Crippen molar-refractivity contribution >= 4 is 17.4 Å². The minimum absolute atomic E-state index is 0.110. The van der Waals surface area contributed by atoms with E-state index in [1.54, 1.807) is 0 Å². The van der Waals surface area contributed by atoms with Crippen molar-refractivity contribution in [2.75, 3.05) is 42.5 Å². The average Bonchev–Trinajstić information content (AvgIpc) is 2.71. The van der Waals surface area contributed by atoms with Crippen LogP contribution in [-0.4, -0.2) is 48.6 Å². The molecule has 1 aromatic carbocycles. The normalized spacial score (nSPS) is 14.3. The Morgan fingerprint density at radius 2 is 1.74 bits per heavy atom. The van der Waals surface area contributed by atoms with E-state index in [1.165, 1.54) is 5.69 Å². The smallest absolute Gasteiger partial charge is 0.270 e. The number of rotatable bonds is 7. The van der Waals surface area contributed by atoms with Gasteiger partial charge in [0.1, 0.15) is 17.3 Å². The largest absolute Gasteiger partial charge is 0.368 e. The lowest BCUT2D eigenvalue weighted by Crippen LogP contribution is -2.47. The van der Waals surface area contributed by atoms with Crippen LogP contribution in [0, 0.1) is 6.92 Å². The number of nitrogens with zero attached hydrogens (tertiary/aromatic N) is 4. The molecule has 1 aliphatic rings. The summed E-state index contributed by atoms with van der Waals surface area (Å²) in [5.41, 5.74) is 1.71. The summed E-state index contributed by atoms with van der Waals surface area (Å²) >= 11 is 0. The van der Waals surface area contributed by atoms with E-state index >= 15 is 0 Å². The molecule has 1 fully saturated rings. The summed E-state index contributed by atoms with van der Waals surface area (Å²) in [6, 6.07) is 12.3. The van der Waals surface area contributed by atoms with Crippen molar-refractivity contribution < 1.29 is 4.79 Å². The van der Waals surface area contributed by atoms with Crippen LogP contribution < -0.4 is 15.1 Å². The number of para-hydroxylation sites is 1. The summed E-state index contributed by atoms with van der Waals surface area (Å²) < 4.78 is 0. The van der Waals surface area contributed by atoms with Crippen LogP contribution in [0.4, 0.5) is 11.5 Å². The molecule has 0 spiro atoms. The van der Waals surface area contributed by atoms with Crippen molar-refractivity contribution in [3.8, 4) is 0 Å². The summed E-state index contributed by atoms with van der Waals surface area (Å²) in [5.74, 6) is 1.37. The van der Waals surface area contributed by atoms with Crippen molar-refractivity contribution in [3.63, 3.8) is 0 Å². The molecule has 2 aromatic rings. The number of piperazine rings is 1. The van der Waals surface area contributed by atoms with Crippen LogP contribution in [0.15, 0.2) is 36.4 Å². The molecule has 0 atom stereocenters. The van der Waals surface area contributed by atoms with Gasteiger partial charge in [0.05, 0.1) is 0 Å². The highest BCUT2D eigenvalue weighted by Crippen LogP contribution is 2.19. The summed E-state index contributed by atoms with van der Waals surface area (Å²) in [7, 11) is 0. The Bertz CT molecular complexity index is 741. The van der Waals surface area contributed by atoms with Gasteiger partial charge in [-0.2, -0.15) is 0 Å². The molecule has 3 rings (SSSR count). The third-order valence-electron chi connectivity index (χ3n) is 4.85. The minimum Gasteiger partial charge on any atom is -0.368 e. The first-order valence-corrected chi connectivity index (χ1v) is 9.86. The standard InChI is InChI=1S/C21H29N5O/c1-3-4-8-11-22-21(27)19-16-20(24-17(2)23-19)26-14-12-25(13-15-26)18-9-6-5-7-10-18/h5-7,9-10,16H,3-4,8,11-15H2,1-2H3,(H,22,27). The van der Waals surface area contributed by atoms with Gasteiger partial charge in [0.2, 0.25) is 0 Å². The summed E-state index contributed by atoms with van der Waals surface area (Å²) in [6.45, 7) is 8.32. The molecule has 1 N–H and O–H groups in total. The third kappa shape index (κ3) is 5.18. The van der Waals surface area contributed by atoms with Gasteiger partial charge in [0.25, 0.3) is 5.91 Å². The second kappa shape index (κ2) is 9.35. The predicted molar refractivity (Wildman–Crippen MR) is 109 cm³/mol. The van der Waals surface area contributed by atoms with E-state index in [2.05, 4.69) is 56.3 Å². The molecular formula is C21H29N5O. The highest BCUT2D eigenvalue weighted by atomic mass is 16.1. The van der Waals surface area contributed by atoms with Gasteiger partial charge in [-0.25, -0.2) is 9.97 Å². The molecule has 0 saturated carbocycles. The number of carbonyl (C=O) groups excluding carboxylic acids is 1. The van der Waals surface area contributed by atoms with Gasteiger partial charge in [-0.15, -0.1) is 0 Å². The minimum atomic E-state index is -0.110. The molecule has 1 saturated heterocycles. The van der Waals surface area contributed by atoms with Gasteiger partial charge in [0, 0.05) is 44.5 Å². The lowest BCUT2D eigenvalue weighted by molar-refractivity contribution is 0.0947. The number of hydrogen-bond donors (Lipinski definition) is 1. The molecule has 27 heavy (non-hydrogen) atoms. The highest BCUT2D eigenvalue weighted by molar-refractivity contribution is 5.92. The second-order valence-corrected chi connectivity index (χ2v) is 6.93. The lowest BCUT2D eigenvalue weighted by atomic mass is 10.2. The molecule has 0 unspecified atom stereocenters. The average molecular weight is 367 g/mol. The highest BCUT2D eigenvalue weighted by Gasteiger charge is 2.20. The maximum atomic E-state index is 12.4. The monoisotopic (exact) mass is 367 g/mol. The summed E-state index contributed by atoms with van der Waals surface area (Å²) in [5, 5.41) is 2.96. The van der Waals surface area contributed by atoms with Crippen molar-refractivity contribution in [1.29, 1.82) is 0 Å². The number of hydrogen-bond acceptors (Lipinski definition) is 5. The van der Waals surface area contributed by atoms with E-state index in [9.17, 15) is 4.79 Å². The Morgan fingerprint density at radius 1 is 1.04 bits per heavy atom. The Hall–Kier alpha value is -2.63. The van der Waals surface area contributed by atoms with Crippen molar-refractivity contribution in [3.05, 3.63) is 47.9 Å². The first-order valence-electron chi connectivity index (χ1n) is 9.86. The van der Waals surface area contributed by atoms with Gasteiger partial charge < -0.3 is 15.1 Å². The quantitative estimate of drug-likeness (QED) is 0.762. The Morgan fingerprint density at radius 3 is 2.44 bits per heavy atom. The number of benzene rings is 1. The second-order valence-electron chi connectivity index (χ2n) is 6.93. The van der Waals surface area contributed by atoms with E-state index < -0.39 is 0 Å². The zero-order valence-corrected chi connectivity index (χ0v) is 16.3. The molecule has 144 valence electrons. The van der Waals surface area contributed by atoms with E-state index in [4.69, 9.17) is 0 Å². The van der Waals surface area contributed by atoms with Crippen LogP contribution >= 0.6 is 0 Å². The fraction of sp³-hybridized carbons (Fsp3) is 0.476. The summed E-state index contributed by atoms with van der Waals surface area (Å²) in [4.78, 5) is 25.9. The maximum Gasteiger partial charge on any atom is 0.270 e. The van der Waals surface area contributed by atoms with E-state index in [0.717, 1.165) is 51.3 Å². The van der Waals surface area contributed by atoms with Crippen LogP contribution in [0.25, 0.3) is 0 Å². The number of aromatic nitrogens is 2. The maximum absolute atomic E-state index is 12.4. The zero-order valence-electron chi connectivity index (χ0n) is 16.3. The van der Waals surface area contributed by atoms with Crippen LogP contribution in [-0.2, 0) is 0 Å². The Balaban J connectivity index is 1.62. The molecular weight excluding hydrogens is 338 g/mol. The van der Waals surface area contributed by atoms with E-state index in [0.29, 0.717) is 18.1 Å². The molecule has 0 aliphatic carbocycles. The molecule has 1 aliphatic heterocycles. The number of unbranched alkanes of at least 4 members (excludes halogenated alkanes) is 2. The first-order chi connectivity index (χ1) is 13.2. The Kier molecular flexibility index (Phi) is 6.63. The molecule has 6 heteroatoms. The van der Waals surface area contributed by atoms with Gasteiger partial charge in [-0.3, -0.25) is 4.79 Å². The molecule has 1 aromatic heterocycles. The summed E-state index contributed by atoms with van der Waals surface area (Å²) in [6.07, 6.45) is 3.27. The van der Waals surface area contributed by atoms with Crippen molar-refractivity contribution in [2.24, 2.45) is 0 Å². The fourth-order valence-electron chi connectivity index (χ4n) is 3.33. The van der Waals surface area contributed by atoms with Crippen molar-refractivity contribution in [1.82, 2.24) is 15.3 Å². The van der Waals surface area contributed by atoms with Crippen molar-refractivity contribution in [2.45, 2.75) is 33.1 Å². The predicted octanol–water partition coefficient (Wildman–Crippen LogP) is 3.03.